The number of amides is 15. The molecular weight excluding hydrogens is 1680 g/mol. The molecule has 0 aliphatic carbocycles. The third-order valence-corrected chi connectivity index (χ3v) is 20.4. The summed E-state index contributed by atoms with van der Waals surface area (Å²) in [6.07, 6.45) is -6.24. The van der Waals surface area contributed by atoms with Gasteiger partial charge in [-0.15, -0.1) is 0 Å². The summed E-state index contributed by atoms with van der Waals surface area (Å²) in [6, 6.07) is -10.5. The van der Waals surface area contributed by atoms with Gasteiger partial charge in [0.25, 0.3) is 0 Å². The standard InChI is InChI=1S/C80H119N17O28S/c1-40(2)36-55(76(120)88-48(16-11-12-33-81)75(119)96-65(41(3)4)78(122)92-53(26-31-63(106)107)73(117)94-56(39-64(108)109)79(123)97-34-13-17-58(97)77(121)95-57(80(124)125)38-44-14-9-8-10-15-44)93-72(116)52(25-30-62(104)105)91-74(118)54(32-35-126-7)86-67(111)43(6)84-66(110)42(5)85-69(113)50(23-28-60(100)101)89-71(115)51(24-29-61(102)103)90-70(114)49(22-27-59(83)99)87-68(112)47(82)37-45-18-20-46(98)21-19-45/h8-10,14-15,18-21,40-43,47-58,65,98H,11-13,16-17,22-39,81-82H2,1-7H3,(H2,83,99)(H,84,110)(H,85,113)(H,86,111)(H,87,112)(H,88,120)(H,89,115)(H,90,114)(H,91,118)(H,92,122)(H,93,116)(H,94,117)(H,95,121)(H,96,119)(H,100,101)(H,102,103)(H,104,105)(H,106,107)(H,108,109)(H,124,125)/t42-,43-,47-,48-,49-,50-,51-,52-,53-,54-,55-,56-,57-,58-,65-/m0/s1. The number of thioether (sulfide) groups is 1. The Morgan fingerprint density at radius 1 is 0.421 bits per heavy atom. The molecule has 0 bridgehead atoms. The fourth-order valence-electron chi connectivity index (χ4n) is 12.9. The van der Waals surface area contributed by atoms with Crippen molar-refractivity contribution in [3.05, 3.63) is 65.7 Å². The van der Waals surface area contributed by atoms with Gasteiger partial charge in [-0.2, -0.15) is 11.8 Å². The van der Waals surface area contributed by atoms with Crippen LogP contribution in [0.25, 0.3) is 0 Å². The molecule has 2 aromatic carbocycles. The van der Waals surface area contributed by atoms with Crippen molar-refractivity contribution in [3.8, 4) is 5.75 Å². The quantitative estimate of drug-likeness (QED) is 0.0279. The van der Waals surface area contributed by atoms with Crippen molar-refractivity contribution >= 4 is 136 Å². The fraction of sp³-hybridized carbons (Fsp3) is 0.588. The second kappa shape index (κ2) is 54.9. The van der Waals surface area contributed by atoms with Crippen molar-refractivity contribution < 1.29 is 136 Å². The van der Waals surface area contributed by atoms with Gasteiger partial charge in [0.05, 0.1) is 12.5 Å². The highest BCUT2D eigenvalue weighted by molar-refractivity contribution is 7.98. The van der Waals surface area contributed by atoms with Gasteiger partial charge in [0.1, 0.15) is 90.3 Å². The Morgan fingerprint density at radius 3 is 1.25 bits per heavy atom. The number of carboxylic acids is 6. The second-order valence-corrected chi connectivity index (χ2v) is 32.0. The minimum Gasteiger partial charge on any atom is -0.508 e. The maximum atomic E-state index is 14.6. The van der Waals surface area contributed by atoms with E-state index in [0.29, 0.717) is 11.1 Å². The van der Waals surface area contributed by atoms with Crippen LogP contribution in [0.1, 0.15) is 168 Å². The molecule has 1 aliphatic rings. The number of phenols is 1. The summed E-state index contributed by atoms with van der Waals surface area (Å²) in [6.45, 7) is 8.49. The highest BCUT2D eigenvalue weighted by Crippen LogP contribution is 2.22. The van der Waals surface area contributed by atoms with Gasteiger partial charge >= 0.3 is 35.8 Å². The molecule has 1 aliphatic heterocycles. The van der Waals surface area contributed by atoms with Crippen LogP contribution in [0.3, 0.4) is 0 Å². The zero-order valence-electron chi connectivity index (χ0n) is 71.1. The van der Waals surface area contributed by atoms with Crippen LogP contribution >= 0.6 is 11.8 Å². The molecule has 45 nitrogen and oxygen atoms in total. The van der Waals surface area contributed by atoms with Gasteiger partial charge in [-0.25, -0.2) is 4.79 Å². The lowest BCUT2D eigenvalue weighted by Crippen LogP contribution is -2.61. The van der Waals surface area contributed by atoms with Gasteiger partial charge in [0.15, 0.2) is 0 Å². The smallest absolute Gasteiger partial charge is 0.326 e. The van der Waals surface area contributed by atoms with Crippen molar-refractivity contribution in [2.75, 3.05) is 25.1 Å². The number of nitrogens with one attached hydrogen (secondary N) is 13. The molecule has 1 heterocycles. The van der Waals surface area contributed by atoms with E-state index in [9.17, 15) is 136 Å². The van der Waals surface area contributed by atoms with Crippen molar-refractivity contribution in [1.82, 2.24) is 74.0 Å². The van der Waals surface area contributed by atoms with Crippen molar-refractivity contribution in [3.63, 3.8) is 0 Å². The van der Waals surface area contributed by atoms with E-state index < -0.39 is 298 Å². The van der Waals surface area contributed by atoms with Crippen LogP contribution in [0.2, 0.25) is 0 Å². The third kappa shape index (κ3) is 39.5. The molecule has 126 heavy (non-hydrogen) atoms. The molecule has 15 atom stereocenters. The first-order valence-electron chi connectivity index (χ1n) is 40.9. The highest BCUT2D eigenvalue weighted by atomic mass is 32.2. The molecule has 0 radical (unpaired) electrons. The molecule has 0 saturated carbocycles. The molecule has 1 fully saturated rings. The van der Waals surface area contributed by atoms with Crippen LogP contribution in [0.4, 0.5) is 0 Å². The van der Waals surface area contributed by atoms with Crippen LogP contribution in [0.15, 0.2) is 54.6 Å². The minimum absolute atomic E-state index is 0.0120. The van der Waals surface area contributed by atoms with Gasteiger partial charge in [0.2, 0.25) is 88.6 Å². The molecule has 698 valence electrons. The Bertz CT molecular complexity index is 4140. The monoisotopic (exact) mass is 1800 g/mol. The largest absolute Gasteiger partial charge is 0.508 e. The Morgan fingerprint density at radius 2 is 0.810 bits per heavy atom. The molecule has 0 spiro atoms. The Balaban J connectivity index is 1.84. The normalized spacial score (nSPS) is 15.6. The Kier molecular flexibility index (Phi) is 46.9. The lowest BCUT2D eigenvalue weighted by atomic mass is 9.99. The topological polar surface area (TPSA) is 738 Å². The van der Waals surface area contributed by atoms with E-state index in [-0.39, 0.29) is 82.4 Å². The number of phenolic OH excluding ortho intramolecular Hbond substituents is 1. The zero-order chi connectivity index (χ0) is 94.8. The predicted molar refractivity (Wildman–Crippen MR) is 447 cm³/mol. The van der Waals surface area contributed by atoms with Crippen LogP contribution in [0.5, 0.6) is 5.75 Å². The number of hydrogen-bond acceptors (Lipinski definition) is 25. The van der Waals surface area contributed by atoms with Gasteiger partial charge in [-0.05, 0) is 151 Å². The van der Waals surface area contributed by atoms with Crippen LogP contribution in [0, 0.1) is 11.8 Å². The summed E-state index contributed by atoms with van der Waals surface area (Å²) in [5.41, 5.74) is 18.3. The highest BCUT2D eigenvalue weighted by Gasteiger charge is 2.43. The SMILES string of the molecule is CSCC[C@H](NC(=O)[C@H](C)NC(=O)[C@H](C)NC(=O)[C@H](CCC(=O)O)NC(=O)[C@H](CCC(=O)O)NC(=O)[C@H](CCC(N)=O)NC(=O)[C@@H](N)Cc1ccc(O)cc1)C(=O)N[C@@H](CCC(=O)O)C(=O)N[C@@H](CC(C)C)C(=O)N[C@@H](CCCCN)C(=O)N[C@H](C(=O)N[C@@H](CCC(=O)O)C(=O)N[C@@H](CC(=O)O)C(=O)N1CCC[C@H]1C(=O)N[C@@H](Cc1ccccc1)C(=O)O)C(C)C. The Labute approximate surface area is 729 Å². The number of hydrogen-bond donors (Lipinski definition) is 23. The van der Waals surface area contributed by atoms with Crippen LogP contribution in [-0.2, 0) is 114 Å². The number of nitrogens with zero attached hydrogens (tertiary/aromatic N) is 1. The first kappa shape index (κ1) is 108. The van der Waals surface area contributed by atoms with E-state index in [0.717, 1.165) is 18.7 Å². The molecule has 46 heteroatoms. The number of aliphatic carboxylic acids is 6. The number of unbranched alkanes of at least 4 members (excludes halogenated alkanes) is 1. The molecule has 0 aromatic heterocycles. The average molecular weight is 1800 g/mol. The number of benzene rings is 2. The van der Waals surface area contributed by atoms with Crippen molar-refractivity contribution in [1.29, 1.82) is 0 Å². The molecule has 3 rings (SSSR count). The summed E-state index contributed by atoms with van der Waals surface area (Å²) < 4.78 is 0. The number of likely N-dealkylation sites (tertiary alicyclic amines) is 1. The molecule has 0 unspecified atom stereocenters. The summed E-state index contributed by atoms with van der Waals surface area (Å²) in [4.78, 5) is 282. The predicted octanol–water partition coefficient (Wildman–Crippen LogP) is -4.29. The number of aromatic hydroxyl groups is 1. The lowest BCUT2D eigenvalue weighted by Gasteiger charge is -2.30. The van der Waals surface area contributed by atoms with E-state index >= 15 is 0 Å². The number of primary amides is 1. The summed E-state index contributed by atoms with van der Waals surface area (Å²) in [5, 5.41) is 99.4. The number of carbonyl (C=O) groups excluding carboxylic acids is 15. The van der Waals surface area contributed by atoms with E-state index in [4.69, 9.17) is 17.2 Å². The van der Waals surface area contributed by atoms with E-state index in [2.05, 4.69) is 69.1 Å². The van der Waals surface area contributed by atoms with E-state index in [1.807, 2.05) is 0 Å². The van der Waals surface area contributed by atoms with Gasteiger partial charge in [0, 0.05) is 45.1 Å². The first-order chi connectivity index (χ1) is 59.2. The maximum Gasteiger partial charge on any atom is 0.326 e. The average Bonchev–Trinajstić information content (AvgIpc) is 1.71. The molecule has 15 amide bonds. The number of nitrogens with two attached hydrogens (primary N) is 3. The van der Waals surface area contributed by atoms with Crippen molar-refractivity contribution in [2.24, 2.45) is 29.0 Å². The molecular formula is C80H119N17O28S. The summed E-state index contributed by atoms with van der Waals surface area (Å²) in [7, 11) is 0. The maximum absolute atomic E-state index is 14.6. The van der Waals surface area contributed by atoms with Crippen LogP contribution in [-0.4, -0.2) is 281 Å². The Hall–Kier alpha value is -12.6. The van der Waals surface area contributed by atoms with E-state index in [1.54, 1.807) is 50.4 Å². The first-order valence-corrected chi connectivity index (χ1v) is 42.3. The van der Waals surface area contributed by atoms with E-state index in [1.165, 1.54) is 49.9 Å². The van der Waals surface area contributed by atoms with Gasteiger partial charge in [-0.1, -0.05) is 70.2 Å². The summed E-state index contributed by atoms with van der Waals surface area (Å²) >= 11 is 1.21. The fourth-order valence-corrected chi connectivity index (χ4v) is 13.4. The second-order valence-electron chi connectivity index (χ2n) is 31.0. The van der Waals surface area contributed by atoms with Crippen molar-refractivity contribution in [2.45, 2.75) is 261 Å². The third-order valence-electron chi connectivity index (χ3n) is 19.8. The minimum atomic E-state index is -1.94. The molecule has 2 aromatic rings. The molecule has 26 N–H and O–H groups in total. The number of carboxylic acid groups (broad SMARTS) is 6. The summed E-state index contributed by atoms with van der Waals surface area (Å²) in [5.74, 6) is -26.2. The van der Waals surface area contributed by atoms with Gasteiger partial charge in [-0.3, -0.25) is 95.9 Å². The lowest BCUT2D eigenvalue weighted by molar-refractivity contribution is -0.147. The number of carbonyl (C=O) groups is 21. The number of rotatable bonds is 59. The zero-order valence-corrected chi connectivity index (χ0v) is 71.9. The molecule has 1 saturated heterocycles. The van der Waals surface area contributed by atoms with Crippen LogP contribution < -0.4 is 86.3 Å². The van der Waals surface area contributed by atoms with Gasteiger partial charge < -0.3 is 127 Å².